The minimum absolute atomic E-state index is 0.326. The summed E-state index contributed by atoms with van der Waals surface area (Å²) in [5.41, 5.74) is 0. The van der Waals surface area contributed by atoms with Crippen molar-refractivity contribution >= 4 is 17.3 Å². The van der Waals surface area contributed by atoms with Gasteiger partial charge in [0.05, 0.1) is 7.11 Å². The van der Waals surface area contributed by atoms with E-state index in [0.717, 1.165) is 4.88 Å². The lowest BCUT2D eigenvalue weighted by Crippen LogP contribution is -2.37. The summed E-state index contributed by atoms with van der Waals surface area (Å²) < 4.78 is 4.55. The van der Waals surface area contributed by atoms with E-state index >= 15 is 0 Å². The van der Waals surface area contributed by atoms with Crippen LogP contribution in [0.25, 0.3) is 0 Å². The van der Waals surface area contributed by atoms with Gasteiger partial charge < -0.3 is 15.2 Å². The lowest BCUT2D eigenvalue weighted by molar-refractivity contribution is -0.142. The summed E-state index contributed by atoms with van der Waals surface area (Å²) in [5.74, 6) is -0.326. The second kappa shape index (κ2) is 5.85. The Hall–Kier alpha value is -0.910. The van der Waals surface area contributed by atoms with Gasteiger partial charge in [0, 0.05) is 11.4 Å². The van der Waals surface area contributed by atoms with Gasteiger partial charge in [0.15, 0.2) is 0 Å². The van der Waals surface area contributed by atoms with Gasteiger partial charge in [-0.15, -0.1) is 11.3 Å². The van der Waals surface area contributed by atoms with Crippen LogP contribution < -0.4 is 5.32 Å². The molecule has 1 aromatic rings. The Balaban J connectivity index is 2.34. The molecule has 1 rings (SSSR count). The third-order valence-corrected chi connectivity index (χ3v) is 3.02. The van der Waals surface area contributed by atoms with E-state index in [1.165, 1.54) is 18.4 Å². The quantitative estimate of drug-likeness (QED) is 0.738. The number of hydrogen-bond donors (Lipinski definition) is 2. The molecule has 2 atom stereocenters. The SMILES string of the molecule is COC(=O)C(C)NCC(O)c1cccs1. The second-order valence-corrected chi connectivity index (χ2v) is 4.16. The summed E-state index contributed by atoms with van der Waals surface area (Å²) in [6.07, 6.45) is -0.572. The van der Waals surface area contributed by atoms with Crippen molar-refractivity contribution in [1.82, 2.24) is 5.32 Å². The minimum Gasteiger partial charge on any atom is -0.468 e. The molecule has 0 spiro atoms. The highest BCUT2D eigenvalue weighted by molar-refractivity contribution is 7.10. The van der Waals surface area contributed by atoms with Gasteiger partial charge in [-0.1, -0.05) is 6.07 Å². The molecule has 1 heterocycles. The average Bonchev–Trinajstić information content (AvgIpc) is 2.77. The van der Waals surface area contributed by atoms with E-state index < -0.39 is 12.1 Å². The first-order valence-electron chi connectivity index (χ1n) is 4.68. The molecule has 5 heteroatoms. The third-order valence-electron chi connectivity index (χ3n) is 2.04. The van der Waals surface area contributed by atoms with Crippen LogP contribution in [-0.4, -0.2) is 30.8 Å². The van der Waals surface area contributed by atoms with E-state index in [1.54, 1.807) is 6.92 Å². The molecule has 4 nitrogen and oxygen atoms in total. The van der Waals surface area contributed by atoms with E-state index in [-0.39, 0.29) is 5.97 Å². The minimum atomic E-state index is -0.572. The van der Waals surface area contributed by atoms with Crippen molar-refractivity contribution in [3.8, 4) is 0 Å². The Kier molecular flexibility index (Phi) is 4.74. The number of thiophene rings is 1. The molecule has 2 unspecified atom stereocenters. The van der Waals surface area contributed by atoms with Gasteiger partial charge in [-0.05, 0) is 18.4 Å². The Morgan fingerprint density at radius 3 is 3.00 bits per heavy atom. The molecule has 0 amide bonds. The van der Waals surface area contributed by atoms with Crippen molar-refractivity contribution in [3.63, 3.8) is 0 Å². The summed E-state index contributed by atoms with van der Waals surface area (Å²) in [7, 11) is 1.34. The normalized spacial score (nSPS) is 14.6. The lowest BCUT2D eigenvalue weighted by atomic mass is 10.2. The first-order chi connectivity index (χ1) is 7.15. The van der Waals surface area contributed by atoms with Gasteiger partial charge >= 0.3 is 5.97 Å². The third kappa shape index (κ3) is 3.62. The van der Waals surface area contributed by atoms with Gasteiger partial charge in [-0.2, -0.15) is 0 Å². The zero-order chi connectivity index (χ0) is 11.3. The van der Waals surface area contributed by atoms with Gasteiger partial charge in [-0.3, -0.25) is 4.79 Å². The maximum Gasteiger partial charge on any atom is 0.322 e. The number of carbonyl (C=O) groups is 1. The monoisotopic (exact) mass is 229 g/mol. The molecule has 0 aliphatic heterocycles. The molecular formula is C10H15NO3S. The van der Waals surface area contributed by atoms with Crippen LogP contribution in [0.2, 0.25) is 0 Å². The molecule has 0 aromatic carbocycles. The highest BCUT2D eigenvalue weighted by Gasteiger charge is 2.15. The lowest BCUT2D eigenvalue weighted by Gasteiger charge is -2.14. The highest BCUT2D eigenvalue weighted by atomic mass is 32.1. The van der Waals surface area contributed by atoms with Crippen molar-refractivity contribution in [2.75, 3.05) is 13.7 Å². The van der Waals surface area contributed by atoms with Crippen LogP contribution >= 0.6 is 11.3 Å². The van der Waals surface area contributed by atoms with Crippen LogP contribution in [0.15, 0.2) is 17.5 Å². The fourth-order valence-corrected chi connectivity index (χ4v) is 1.84. The number of aliphatic hydroxyl groups is 1. The topological polar surface area (TPSA) is 58.6 Å². The highest BCUT2D eigenvalue weighted by Crippen LogP contribution is 2.17. The first-order valence-corrected chi connectivity index (χ1v) is 5.55. The molecule has 1 aromatic heterocycles. The van der Waals surface area contributed by atoms with Gasteiger partial charge in [0.1, 0.15) is 12.1 Å². The van der Waals surface area contributed by atoms with E-state index in [4.69, 9.17) is 0 Å². The molecule has 0 bridgehead atoms. The molecule has 84 valence electrons. The van der Waals surface area contributed by atoms with E-state index in [2.05, 4.69) is 10.1 Å². The molecule has 0 aliphatic carbocycles. The fraction of sp³-hybridized carbons (Fsp3) is 0.500. The van der Waals surface area contributed by atoms with Gasteiger partial charge in [0.25, 0.3) is 0 Å². The zero-order valence-electron chi connectivity index (χ0n) is 8.77. The van der Waals surface area contributed by atoms with Crippen molar-refractivity contribution in [1.29, 1.82) is 0 Å². The number of carbonyl (C=O) groups excluding carboxylic acids is 1. The Bertz CT molecular complexity index is 300. The summed E-state index contributed by atoms with van der Waals surface area (Å²) in [6, 6.07) is 3.34. The van der Waals surface area contributed by atoms with Crippen LogP contribution in [-0.2, 0) is 9.53 Å². The van der Waals surface area contributed by atoms with E-state index in [9.17, 15) is 9.90 Å². The molecule has 0 saturated carbocycles. The zero-order valence-corrected chi connectivity index (χ0v) is 9.58. The standard InChI is InChI=1S/C10H15NO3S/c1-7(10(13)14-2)11-6-8(12)9-4-3-5-15-9/h3-5,7-8,11-12H,6H2,1-2H3. The Morgan fingerprint density at radius 2 is 2.47 bits per heavy atom. The van der Waals surface area contributed by atoms with E-state index in [1.807, 2.05) is 17.5 Å². The smallest absolute Gasteiger partial charge is 0.322 e. The average molecular weight is 229 g/mol. The number of hydrogen-bond acceptors (Lipinski definition) is 5. The Morgan fingerprint density at radius 1 is 1.73 bits per heavy atom. The van der Waals surface area contributed by atoms with Crippen LogP contribution in [0, 0.1) is 0 Å². The summed E-state index contributed by atoms with van der Waals surface area (Å²) >= 11 is 1.49. The fourth-order valence-electron chi connectivity index (χ4n) is 1.13. The number of rotatable bonds is 5. The molecule has 2 N–H and O–H groups in total. The number of esters is 1. The molecule has 15 heavy (non-hydrogen) atoms. The predicted molar refractivity (Wildman–Crippen MR) is 58.8 cm³/mol. The van der Waals surface area contributed by atoms with E-state index in [0.29, 0.717) is 6.54 Å². The van der Waals surface area contributed by atoms with Crippen molar-refractivity contribution in [2.24, 2.45) is 0 Å². The van der Waals surface area contributed by atoms with Crippen LogP contribution in [0.4, 0.5) is 0 Å². The summed E-state index contributed by atoms with van der Waals surface area (Å²) in [4.78, 5) is 11.9. The number of nitrogens with one attached hydrogen (secondary N) is 1. The molecular weight excluding hydrogens is 214 g/mol. The number of aliphatic hydroxyl groups excluding tert-OH is 1. The first kappa shape index (κ1) is 12.2. The molecule has 0 aliphatic rings. The maximum atomic E-state index is 11.0. The molecule has 0 radical (unpaired) electrons. The van der Waals surface area contributed by atoms with Crippen molar-refractivity contribution in [2.45, 2.75) is 19.1 Å². The number of methoxy groups -OCH3 is 1. The summed E-state index contributed by atoms with van der Waals surface area (Å²) in [6.45, 7) is 2.05. The molecule has 0 saturated heterocycles. The second-order valence-electron chi connectivity index (χ2n) is 3.18. The van der Waals surface area contributed by atoms with Crippen LogP contribution in [0.5, 0.6) is 0 Å². The number of ether oxygens (including phenoxy) is 1. The van der Waals surface area contributed by atoms with Crippen LogP contribution in [0.3, 0.4) is 0 Å². The summed E-state index contributed by atoms with van der Waals surface area (Å²) in [5, 5.41) is 14.5. The van der Waals surface area contributed by atoms with Gasteiger partial charge in [-0.25, -0.2) is 0 Å². The van der Waals surface area contributed by atoms with Crippen molar-refractivity contribution < 1.29 is 14.6 Å². The largest absolute Gasteiger partial charge is 0.468 e. The predicted octanol–water partition coefficient (Wildman–Crippen LogP) is 0.933. The maximum absolute atomic E-state index is 11.0. The van der Waals surface area contributed by atoms with Crippen LogP contribution in [0.1, 0.15) is 17.9 Å². The van der Waals surface area contributed by atoms with Gasteiger partial charge in [0.2, 0.25) is 0 Å². The molecule has 0 fully saturated rings. The van der Waals surface area contributed by atoms with Crippen molar-refractivity contribution in [3.05, 3.63) is 22.4 Å². The Labute approximate surface area is 92.9 Å².